The minimum Gasteiger partial charge on any atom is -0.393 e. The van der Waals surface area contributed by atoms with E-state index in [1.807, 2.05) is 6.92 Å². The van der Waals surface area contributed by atoms with Gasteiger partial charge in [0, 0.05) is 43.3 Å². The number of hydrogen-bond donors (Lipinski definition) is 3. The summed E-state index contributed by atoms with van der Waals surface area (Å²) in [5.74, 6) is -0.0432. The molecule has 0 saturated carbocycles. The molecule has 1 amide bonds. The fourth-order valence-electron chi connectivity index (χ4n) is 4.20. The zero-order chi connectivity index (χ0) is 25.8. The van der Waals surface area contributed by atoms with Gasteiger partial charge in [-0.05, 0) is 50.2 Å². The number of nitrogens with one attached hydrogen (secondary N) is 2. The van der Waals surface area contributed by atoms with Gasteiger partial charge in [-0.1, -0.05) is 30.7 Å². The zero-order valence-electron chi connectivity index (χ0n) is 20.7. The lowest BCUT2D eigenvalue weighted by atomic mass is 10.0. The lowest BCUT2D eigenvalue weighted by Gasteiger charge is -2.39. The van der Waals surface area contributed by atoms with Gasteiger partial charge in [0.15, 0.2) is 11.0 Å². The van der Waals surface area contributed by atoms with E-state index in [2.05, 4.69) is 44.4 Å². The summed E-state index contributed by atoms with van der Waals surface area (Å²) < 4.78 is 15.5. The van der Waals surface area contributed by atoms with Gasteiger partial charge in [-0.15, -0.1) is 0 Å². The van der Waals surface area contributed by atoms with Gasteiger partial charge in [-0.25, -0.2) is 14.4 Å². The van der Waals surface area contributed by atoms with Crippen LogP contribution < -0.4 is 21.3 Å². The maximum atomic E-state index is 15.5. The molecule has 0 aliphatic carbocycles. The van der Waals surface area contributed by atoms with Gasteiger partial charge in [0.25, 0.3) is 0 Å². The topological polar surface area (TPSA) is 99.4 Å². The fourth-order valence-corrected chi connectivity index (χ4v) is 4.33. The van der Waals surface area contributed by atoms with Gasteiger partial charge in [-0.2, -0.15) is 0 Å². The average Bonchev–Trinajstić information content (AvgIpc) is 2.85. The summed E-state index contributed by atoms with van der Waals surface area (Å²) in [6.45, 7) is 6.45. The highest BCUT2D eigenvalue weighted by Gasteiger charge is 2.25. The first-order chi connectivity index (χ1) is 17.3. The van der Waals surface area contributed by atoms with Crippen molar-refractivity contribution >= 4 is 46.1 Å². The molecular formula is C26H31ClFN7O. The summed E-state index contributed by atoms with van der Waals surface area (Å²) in [6.07, 6.45) is 2.55. The Balaban J connectivity index is 1.71. The summed E-state index contributed by atoms with van der Waals surface area (Å²) in [7, 11) is 2.09. The van der Waals surface area contributed by atoms with Gasteiger partial charge < -0.3 is 26.2 Å². The summed E-state index contributed by atoms with van der Waals surface area (Å²) in [5, 5.41) is 6.25. The van der Waals surface area contributed by atoms with Crippen molar-refractivity contribution in [1.29, 1.82) is 0 Å². The molecule has 1 aliphatic heterocycles. The van der Waals surface area contributed by atoms with Crippen LogP contribution in [-0.4, -0.2) is 53.5 Å². The van der Waals surface area contributed by atoms with Crippen LogP contribution in [-0.2, 0) is 4.79 Å². The molecule has 2 heterocycles. The van der Waals surface area contributed by atoms with Crippen LogP contribution in [0, 0.1) is 5.82 Å². The SMILES string of the molecule is CCCC(=O)Nc1ccc(-c2cc(Nc3ncnc(Cl)c3N)c(N3CCN(C)[C@@H](C)C3)cc2F)cc1. The van der Waals surface area contributed by atoms with E-state index >= 15 is 4.39 Å². The number of nitrogens with zero attached hydrogens (tertiary/aromatic N) is 4. The standard InChI is InChI=1S/C26H31ClFN7O/c1-4-5-23(36)32-18-8-6-17(7-9-18)19-12-21(33-26-24(29)25(27)30-15-31-26)22(13-20(19)28)35-11-10-34(3)16(2)14-35/h6-9,12-13,15-16H,4-5,10-11,14,29H2,1-3H3,(H,32,36)(H,30,31,33)/t16-/m0/s1. The summed E-state index contributed by atoms with van der Waals surface area (Å²) >= 11 is 6.10. The molecule has 0 unspecified atom stereocenters. The predicted molar refractivity (Wildman–Crippen MR) is 144 cm³/mol. The summed E-state index contributed by atoms with van der Waals surface area (Å²) in [6, 6.07) is 10.7. The summed E-state index contributed by atoms with van der Waals surface area (Å²) in [5.41, 5.74) is 9.46. The van der Waals surface area contributed by atoms with Crippen LogP contribution in [0.4, 0.5) is 33.0 Å². The van der Waals surface area contributed by atoms with Gasteiger partial charge in [-0.3, -0.25) is 4.79 Å². The lowest BCUT2D eigenvalue weighted by Crippen LogP contribution is -2.50. The highest BCUT2D eigenvalue weighted by molar-refractivity contribution is 6.32. The zero-order valence-corrected chi connectivity index (χ0v) is 21.4. The minimum atomic E-state index is -0.349. The third-order valence-electron chi connectivity index (χ3n) is 6.43. The molecule has 1 fully saturated rings. The van der Waals surface area contributed by atoms with E-state index in [4.69, 9.17) is 17.3 Å². The quantitative estimate of drug-likeness (QED) is 0.378. The molecule has 8 nitrogen and oxygen atoms in total. The highest BCUT2D eigenvalue weighted by Crippen LogP contribution is 2.38. The van der Waals surface area contributed by atoms with Crippen LogP contribution in [0.5, 0.6) is 0 Å². The van der Waals surface area contributed by atoms with Crippen LogP contribution in [0.25, 0.3) is 11.1 Å². The molecule has 1 atom stereocenters. The number of nitrogens with two attached hydrogens (primary N) is 1. The number of halogens is 2. The molecule has 0 radical (unpaired) electrons. The van der Waals surface area contributed by atoms with E-state index in [0.717, 1.165) is 26.1 Å². The Morgan fingerprint density at radius 1 is 1.22 bits per heavy atom. The van der Waals surface area contributed by atoms with Crippen molar-refractivity contribution in [2.45, 2.75) is 32.7 Å². The monoisotopic (exact) mass is 511 g/mol. The van der Waals surface area contributed by atoms with Gasteiger partial charge in [0.05, 0.1) is 11.4 Å². The van der Waals surface area contributed by atoms with E-state index in [9.17, 15) is 4.79 Å². The molecule has 2 aromatic carbocycles. The number of amides is 1. The van der Waals surface area contributed by atoms with E-state index in [0.29, 0.717) is 46.5 Å². The maximum absolute atomic E-state index is 15.5. The van der Waals surface area contributed by atoms with Crippen LogP contribution in [0.1, 0.15) is 26.7 Å². The van der Waals surface area contributed by atoms with Crippen molar-refractivity contribution in [3.63, 3.8) is 0 Å². The van der Waals surface area contributed by atoms with Crippen molar-refractivity contribution in [2.75, 3.05) is 47.9 Å². The Hall–Kier alpha value is -3.43. The first kappa shape index (κ1) is 25.7. The third-order valence-corrected chi connectivity index (χ3v) is 6.73. The first-order valence-electron chi connectivity index (χ1n) is 12.0. The molecule has 1 aliphatic rings. The van der Waals surface area contributed by atoms with Crippen molar-refractivity contribution in [2.24, 2.45) is 0 Å². The number of hydrogen-bond acceptors (Lipinski definition) is 7. The number of benzene rings is 2. The third kappa shape index (κ3) is 5.68. The van der Waals surface area contributed by atoms with Gasteiger partial charge >= 0.3 is 0 Å². The van der Waals surface area contributed by atoms with Gasteiger partial charge in [0.2, 0.25) is 5.91 Å². The largest absolute Gasteiger partial charge is 0.393 e. The van der Waals surface area contributed by atoms with E-state index in [1.54, 1.807) is 36.4 Å². The smallest absolute Gasteiger partial charge is 0.224 e. The number of aromatic nitrogens is 2. The van der Waals surface area contributed by atoms with Crippen LogP contribution >= 0.6 is 11.6 Å². The molecule has 1 saturated heterocycles. The Bertz CT molecular complexity index is 1240. The van der Waals surface area contributed by atoms with Crippen LogP contribution in [0.2, 0.25) is 5.15 Å². The Labute approximate surface area is 215 Å². The minimum absolute atomic E-state index is 0.0465. The second-order valence-electron chi connectivity index (χ2n) is 9.05. The molecule has 10 heteroatoms. The van der Waals surface area contributed by atoms with Crippen molar-refractivity contribution in [3.05, 3.63) is 53.7 Å². The number of anilines is 5. The van der Waals surface area contributed by atoms with Crippen LogP contribution in [0.15, 0.2) is 42.7 Å². The molecule has 0 bridgehead atoms. The molecular weight excluding hydrogens is 481 g/mol. The molecule has 36 heavy (non-hydrogen) atoms. The second-order valence-corrected chi connectivity index (χ2v) is 9.41. The molecule has 3 aromatic rings. The Morgan fingerprint density at radius 3 is 2.67 bits per heavy atom. The van der Waals surface area contributed by atoms with Crippen molar-refractivity contribution < 1.29 is 9.18 Å². The molecule has 4 rings (SSSR count). The maximum Gasteiger partial charge on any atom is 0.224 e. The van der Waals surface area contributed by atoms with E-state index < -0.39 is 0 Å². The molecule has 190 valence electrons. The average molecular weight is 512 g/mol. The van der Waals surface area contributed by atoms with Crippen molar-refractivity contribution in [3.8, 4) is 11.1 Å². The predicted octanol–water partition coefficient (Wildman–Crippen LogP) is 5.14. The summed E-state index contributed by atoms with van der Waals surface area (Å²) in [4.78, 5) is 24.5. The second kappa shape index (κ2) is 11.1. The number of carbonyl (C=O) groups excluding carboxylic acids is 1. The molecule has 0 spiro atoms. The Kier molecular flexibility index (Phi) is 7.91. The lowest BCUT2D eigenvalue weighted by molar-refractivity contribution is -0.116. The first-order valence-corrected chi connectivity index (χ1v) is 12.4. The van der Waals surface area contributed by atoms with E-state index in [-0.39, 0.29) is 22.6 Å². The van der Waals surface area contributed by atoms with Crippen LogP contribution in [0.3, 0.4) is 0 Å². The number of piperazine rings is 1. The van der Waals surface area contributed by atoms with Crippen molar-refractivity contribution in [1.82, 2.24) is 14.9 Å². The molecule has 4 N–H and O–H groups in total. The van der Waals surface area contributed by atoms with Gasteiger partial charge in [0.1, 0.15) is 17.8 Å². The number of carbonyl (C=O) groups is 1. The number of rotatable bonds is 7. The van der Waals surface area contributed by atoms with E-state index in [1.165, 1.54) is 6.33 Å². The normalized spacial score (nSPS) is 16.1. The highest BCUT2D eigenvalue weighted by atomic mass is 35.5. The number of nitrogen functional groups attached to an aromatic ring is 1. The Morgan fingerprint density at radius 2 is 1.97 bits per heavy atom. The number of likely N-dealkylation sites (N-methyl/N-ethyl adjacent to an activating group) is 1. The molecule has 1 aromatic heterocycles. The fraction of sp³-hybridized carbons (Fsp3) is 0.346.